The first-order chi connectivity index (χ1) is 7.18. The van der Waals surface area contributed by atoms with E-state index in [1.54, 1.807) is 12.5 Å². The lowest BCUT2D eigenvalue weighted by atomic mass is 10.2. The number of aromatic nitrogens is 2. The number of carboxylic acid groups (broad SMARTS) is 1. The second-order valence-corrected chi connectivity index (χ2v) is 3.26. The van der Waals surface area contributed by atoms with E-state index in [0.717, 1.165) is 6.54 Å². The first-order valence-corrected chi connectivity index (χ1v) is 4.75. The molecule has 0 bridgehead atoms. The Labute approximate surface area is 87.6 Å². The molecule has 1 atom stereocenters. The zero-order chi connectivity index (χ0) is 11.1. The van der Waals surface area contributed by atoms with Crippen molar-refractivity contribution in [2.75, 3.05) is 13.1 Å². The Morgan fingerprint density at radius 2 is 2.40 bits per heavy atom. The van der Waals surface area contributed by atoms with E-state index in [1.165, 1.54) is 0 Å². The number of imidazole rings is 1. The lowest BCUT2D eigenvalue weighted by Gasteiger charge is -2.09. The van der Waals surface area contributed by atoms with Crippen LogP contribution in [0.2, 0.25) is 0 Å². The largest absolute Gasteiger partial charge is 0.481 e. The Morgan fingerprint density at radius 1 is 1.60 bits per heavy atom. The van der Waals surface area contributed by atoms with Crippen molar-refractivity contribution in [2.45, 2.75) is 19.1 Å². The van der Waals surface area contributed by atoms with Gasteiger partial charge in [-0.1, -0.05) is 0 Å². The minimum Gasteiger partial charge on any atom is -0.481 e. The number of rotatable bonds is 7. The van der Waals surface area contributed by atoms with E-state index in [9.17, 15) is 9.90 Å². The molecule has 1 unspecified atom stereocenters. The molecule has 1 aromatic rings. The number of aliphatic hydroxyl groups excluding tert-OH is 1. The molecule has 0 aliphatic heterocycles. The van der Waals surface area contributed by atoms with E-state index in [0.29, 0.717) is 13.1 Å². The predicted octanol–water partition coefficient (Wildman–Crippen LogP) is -0.692. The summed E-state index contributed by atoms with van der Waals surface area (Å²) in [5.41, 5.74) is 0. The molecule has 0 saturated heterocycles. The van der Waals surface area contributed by atoms with Crippen molar-refractivity contribution in [2.24, 2.45) is 0 Å². The van der Waals surface area contributed by atoms with Crippen molar-refractivity contribution in [3.63, 3.8) is 0 Å². The number of carboxylic acids is 1. The third-order valence-electron chi connectivity index (χ3n) is 1.90. The number of hydrogen-bond donors (Lipinski definition) is 3. The monoisotopic (exact) mass is 213 g/mol. The molecule has 0 spiro atoms. The average molecular weight is 213 g/mol. The summed E-state index contributed by atoms with van der Waals surface area (Å²) in [5.74, 6) is -0.987. The first-order valence-electron chi connectivity index (χ1n) is 4.75. The van der Waals surface area contributed by atoms with Gasteiger partial charge in [0.05, 0.1) is 18.9 Å². The first kappa shape index (κ1) is 11.7. The Balaban J connectivity index is 2.04. The summed E-state index contributed by atoms with van der Waals surface area (Å²) >= 11 is 0. The van der Waals surface area contributed by atoms with Crippen molar-refractivity contribution in [1.82, 2.24) is 14.9 Å². The number of aliphatic carboxylic acids is 1. The van der Waals surface area contributed by atoms with Crippen LogP contribution in [-0.2, 0) is 11.3 Å². The highest BCUT2D eigenvalue weighted by molar-refractivity contribution is 5.67. The Hall–Kier alpha value is -1.40. The van der Waals surface area contributed by atoms with E-state index >= 15 is 0 Å². The lowest BCUT2D eigenvalue weighted by molar-refractivity contribution is -0.139. The van der Waals surface area contributed by atoms with Crippen molar-refractivity contribution in [3.05, 3.63) is 18.7 Å². The quantitative estimate of drug-likeness (QED) is 0.522. The summed E-state index contributed by atoms with van der Waals surface area (Å²) < 4.78 is 1.90. The van der Waals surface area contributed by atoms with Crippen LogP contribution in [0.3, 0.4) is 0 Å². The van der Waals surface area contributed by atoms with Crippen LogP contribution in [0.25, 0.3) is 0 Å². The van der Waals surface area contributed by atoms with Gasteiger partial charge in [0.1, 0.15) is 0 Å². The number of hydrogen-bond acceptors (Lipinski definition) is 4. The SMILES string of the molecule is O=C(O)CC(O)CNCCn1ccnc1. The van der Waals surface area contributed by atoms with Gasteiger partial charge in [-0.15, -0.1) is 0 Å². The maximum absolute atomic E-state index is 10.2. The molecule has 15 heavy (non-hydrogen) atoms. The van der Waals surface area contributed by atoms with Crippen molar-refractivity contribution in [3.8, 4) is 0 Å². The topological polar surface area (TPSA) is 87.4 Å². The van der Waals surface area contributed by atoms with Crippen molar-refractivity contribution in [1.29, 1.82) is 0 Å². The highest BCUT2D eigenvalue weighted by Crippen LogP contribution is 1.89. The van der Waals surface area contributed by atoms with Gasteiger partial charge in [0.2, 0.25) is 0 Å². The zero-order valence-electron chi connectivity index (χ0n) is 8.33. The highest BCUT2D eigenvalue weighted by atomic mass is 16.4. The molecule has 0 aromatic carbocycles. The normalized spacial score (nSPS) is 12.6. The molecule has 6 heteroatoms. The van der Waals surface area contributed by atoms with Crippen molar-refractivity contribution < 1.29 is 15.0 Å². The van der Waals surface area contributed by atoms with Gasteiger partial charge >= 0.3 is 5.97 Å². The van der Waals surface area contributed by atoms with Gasteiger partial charge in [0.25, 0.3) is 0 Å². The molecule has 6 nitrogen and oxygen atoms in total. The van der Waals surface area contributed by atoms with E-state index in [1.807, 2.05) is 10.8 Å². The molecule has 1 rings (SSSR count). The molecule has 84 valence electrons. The van der Waals surface area contributed by atoms with Crippen LogP contribution in [0.1, 0.15) is 6.42 Å². The van der Waals surface area contributed by atoms with Crippen LogP contribution in [0, 0.1) is 0 Å². The lowest BCUT2D eigenvalue weighted by Crippen LogP contribution is -2.30. The fourth-order valence-electron chi connectivity index (χ4n) is 1.17. The molecular formula is C9H15N3O3. The Morgan fingerprint density at radius 3 is 3.00 bits per heavy atom. The van der Waals surface area contributed by atoms with E-state index in [4.69, 9.17) is 5.11 Å². The van der Waals surface area contributed by atoms with Gasteiger partial charge in [-0.05, 0) is 0 Å². The second kappa shape index (κ2) is 6.15. The highest BCUT2D eigenvalue weighted by Gasteiger charge is 2.07. The van der Waals surface area contributed by atoms with Gasteiger partial charge in [-0.2, -0.15) is 0 Å². The Kier molecular flexibility index (Phi) is 4.79. The Bertz CT molecular complexity index is 287. The van der Waals surface area contributed by atoms with Crippen molar-refractivity contribution >= 4 is 5.97 Å². The number of nitrogens with one attached hydrogen (secondary N) is 1. The van der Waals surface area contributed by atoms with E-state index < -0.39 is 12.1 Å². The van der Waals surface area contributed by atoms with Crippen LogP contribution in [0.4, 0.5) is 0 Å². The fourth-order valence-corrected chi connectivity index (χ4v) is 1.17. The van der Waals surface area contributed by atoms with Crippen LogP contribution >= 0.6 is 0 Å². The maximum Gasteiger partial charge on any atom is 0.306 e. The third-order valence-corrected chi connectivity index (χ3v) is 1.90. The second-order valence-electron chi connectivity index (χ2n) is 3.26. The summed E-state index contributed by atoms with van der Waals surface area (Å²) in [4.78, 5) is 14.1. The molecule has 0 amide bonds. The molecule has 0 aliphatic rings. The minimum absolute atomic E-state index is 0.224. The third kappa shape index (κ3) is 5.14. The molecule has 1 heterocycles. The van der Waals surface area contributed by atoms with E-state index in [-0.39, 0.29) is 6.42 Å². The standard InChI is InChI=1S/C9H15N3O3/c13-8(5-9(14)15)6-10-1-3-12-4-2-11-7-12/h2,4,7-8,10,13H,1,3,5-6H2,(H,14,15). The van der Waals surface area contributed by atoms with E-state index in [2.05, 4.69) is 10.3 Å². The van der Waals surface area contributed by atoms with Gasteiger partial charge in [-0.25, -0.2) is 4.98 Å². The van der Waals surface area contributed by atoms with Crippen LogP contribution in [0.5, 0.6) is 0 Å². The molecule has 0 radical (unpaired) electrons. The van der Waals surface area contributed by atoms with Gasteiger partial charge in [-0.3, -0.25) is 4.79 Å². The van der Waals surface area contributed by atoms with Crippen LogP contribution in [-0.4, -0.2) is 44.9 Å². The number of carbonyl (C=O) groups is 1. The summed E-state index contributed by atoms with van der Waals surface area (Å²) in [5, 5.41) is 20.6. The van der Waals surface area contributed by atoms with Crippen LogP contribution < -0.4 is 5.32 Å². The summed E-state index contributed by atoms with van der Waals surface area (Å²) in [6.45, 7) is 1.72. The molecule has 3 N–H and O–H groups in total. The molecule has 0 fully saturated rings. The fraction of sp³-hybridized carbons (Fsp3) is 0.556. The van der Waals surface area contributed by atoms with Gasteiger partial charge in [0.15, 0.2) is 0 Å². The summed E-state index contributed by atoms with van der Waals surface area (Å²) in [7, 11) is 0. The number of aliphatic hydroxyl groups is 1. The molecule has 0 saturated carbocycles. The minimum atomic E-state index is -0.987. The zero-order valence-corrected chi connectivity index (χ0v) is 8.33. The maximum atomic E-state index is 10.2. The molecule has 0 aliphatic carbocycles. The van der Waals surface area contributed by atoms with Crippen LogP contribution in [0.15, 0.2) is 18.7 Å². The predicted molar refractivity (Wildman–Crippen MR) is 53.4 cm³/mol. The van der Waals surface area contributed by atoms with Gasteiger partial charge in [0, 0.05) is 32.0 Å². The van der Waals surface area contributed by atoms with Gasteiger partial charge < -0.3 is 20.1 Å². The molecule has 1 aromatic heterocycles. The summed E-state index contributed by atoms with van der Waals surface area (Å²) in [6, 6.07) is 0. The molecular weight excluding hydrogens is 198 g/mol. The summed E-state index contributed by atoms with van der Waals surface area (Å²) in [6.07, 6.45) is 4.19. The number of nitrogens with zero attached hydrogens (tertiary/aromatic N) is 2. The average Bonchev–Trinajstić information content (AvgIpc) is 2.63. The smallest absolute Gasteiger partial charge is 0.306 e.